The molecule has 0 aromatic carbocycles. The van der Waals surface area contributed by atoms with Crippen molar-refractivity contribution >= 4 is 8.41 Å². The number of nitrogens with zero attached hydrogens (tertiary/aromatic N) is 1. The molecule has 0 fully saturated rings. The molecule has 77 valence electrons. The Morgan fingerprint density at radius 1 is 0.733 bits per heavy atom. The second-order valence-corrected chi connectivity index (χ2v) is 2.29. The van der Waals surface area contributed by atoms with Crippen LogP contribution in [0, 0.1) is 0 Å². The molecule has 3 radical (unpaired) electrons. The molecule has 0 bridgehead atoms. The molecule has 1 aliphatic heterocycles. The third-order valence-electron chi connectivity index (χ3n) is 1.28. The molecular weight excluding hydrogens is 187 g/mol. The topological polar surface area (TPSA) is 56.4 Å². The van der Waals surface area contributed by atoms with Crippen LogP contribution in [0.25, 0.3) is 0 Å². The molecule has 0 amide bonds. The maximum absolute atomic E-state index is 3.78. The van der Waals surface area contributed by atoms with Gasteiger partial charge in [-0.05, 0) is 24.3 Å². The maximum Gasteiger partial charge on any atom is 0.0267 e. The number of rotatable bonds is 0. The van der Waals surface area contributed by atoms with Crippen LogP contribution in [0.4, 0.5) is 0 Å². The van der Waals surface area contributed by atoms with Crippen molar-refractivity contribution in [3.8, 4) is 0 Å². The molecule has 15 heavy (non-hydrogen) atoms. The summed E-state index contributed by atoms with van der Waals surface area (Å²) in [4.78, 5) is 3.78. The lowest BCUT2D eigenvalue weighted by molar-refractivity contribution is 0.824. The molecule has 1 aromatic rings. The lowest BCUT2D eigenvalue weighted by Crippen LogP contribution is -1.87. The summed E-state index contributed by atoms with van der Waals surface area (Å²) >= 11 is 0. The Bertz CT molecular complexity index is 256. The van der Waals surface area contributed by atoms with Crippen molar-refractivity contribution < 1.29 is 5.48 Å². The summed E-state index contributed by atoms with van der Waals surface area (Å²) in [5.74, 6) is 0. The smallest absolute Gasteiger partial charge is 0.0267 e. The summed E-state index contributed by atoms with van der Waals surface area (Å²) in [7, 11) is 0. The van der Waals surface area contributed by atoms with E-state index in [0.717, 1.165) is 0 Å². The van der Waals surface area contributed by atoms with Crippen molar-refractivity contribution in [3.05, 3.63) is 67.3 Å². The first-order chi connectivity index (χ1) is 6.50. The second-order valence-electron chi connectivity index (χ2n) is 2.29. The first kappa shape index (κ1) is 15.7. The van der Waals surface area contributed by atoms with Gasteiger partial charge in [-0.15, -0.1) is 0 Å². The summed E-state index contributed by atoms with van der Waals surface area (Å²) in [6.07, 6.45) is 15.1. The van der Waals surface area contributed by atoms with E-state index in [9.17, 15) is 0 Å². The molecule has 1 aromatic heterocycles. The molecule has 0 saturated heterocycles. The molecule has 4 heteroatoms. The van der Waals surface area contributed by atoms with Gasteiger partial charge in [-0.1, -0.05) is 18.2 Å². The van der Waals surface area contributed by atoms with E-state index >= 15 is 0 Å². The van der Waals surface area contributed by atoms with Crippen LogP contribution in [-0.2, 0) is 0 Å². The Labute approximate surface area is 92.1 Å². The Hall–Kier alpha value is -1.81. The van der Waals surface area contributed by atoms with E-state index in [1.54, 1.807) is 12.4 Å². The minimum atomic E-state index is 0. The SMILES string of the molecule is C1=CC=CNC=C1.O.[B].c1ccncc1. The number of hydrogen-bond acceptors (Lipinski definition) is 2. The molecular formula is C11H14BN2O. The first-order valence-corrected chi connectivity index (χ1v) is 4.09. The normalized spacial score (nSPS) is 10.7. The van der Waals surface area contributed by atoms with Crippen LogP contribution in [0.15, 0.2) is 67.3 Å². The van der Waals surface area contributed by atoms with Crippen LogP contribution in [0.3, 0.4) is 0 Å². The molecule has 3 N–H and O–H groups in total. The Balaban J connectivity index is 0. The zero-order valence-electron chi connectivity index (χ0n) is 8.38. The number of allylic oxidation sites excluding steroid dienone is 4. The highest BCUT2D eigenvalue weighted by molar-refractivity contribution is 5.75. The standard InChI is InChI=1S/C6H7N.C5H5N.B.H2O/c1-2-4-6-7-5-3-1;1-2-4-6-5-3-1;;/h1-7H;1-5H;;1H2. The van der Waals surface area contributed by atoms with Crippen molar-refractivity contribution in [3.63, 3.8) is 0 Å². The highest BCUT2D eigenvalue weighted by Gasteiger charge is 1.67. The van der Waals surface area contributed by atoms with Crippen LogP contribution in [0.1, 0.15) is 0 Å². The average Bonchev–Trinajstić information content (AvgIpc) is 2.53. The second kappa shape index (κ2) is 12.2. The van der Waals surface area contributed by atoms with Gasteiger partial charge in [0.2, 0.25) is 0 Å². The predicted molar refractivity (Wildman–Crippen MR) is 64.2 cm³/mol. The van der Waals surface area contributed by atoms with Crippen LogP contribution < -0.4 is 5.32 Å². The predicted octanol–water partition coefficient (Wildman–Crippen LogP) is 1.05. The van der Waals surface area contributed by atoms with E-state index in [1.807, 2.05) is 54.9 Å². The van der Waals surface area contributed by atoms with Gasteiger partial charge >= 0.3 is 0 Å². The van der Waals surface area contributed by atoms with E-state index in [-0.39, 0.29) is 13.9 Å². The van der Waals surface area contributed by atoms with Crippen LogP contribution in [-0.4, -0.2) is 18.9 Å². The summed E-state index contributed by atoms with van der Waals surface area (Å²) in [5, 5.41) is 2.92. The maximum atomic E-state index is 3.78. The number of pyridine rings is 1. The number of nitrogens with one attached hydrogen (secondary N) is 1. The molecule has 2 rings (SSSR count). The van der Waals surface area contributed by atoms with Crippen LogP contribution in [0.5, 0.6) is 0 Å². The fraction of sp³-hybridized carbons (Fsp3) is 0. The first-order valence-electron chi connectivity index (χ1n) is 4.09. The van der Waals surface area contributed by atoms with Gasteiger partial charge in [0.15, 0.2) is 0 Å². The Morgan fingerprint density at radius 3 is 1.60 bits per heavy atom. The molecule has 0 aliphatic carbocycles. The van der Waals surface area contributed by atoms with Crippen molar-refractivity contribution in [2.45, 2.75) is 0 Å². The highest BCUT2D eigenvalue weighted by Crippen LogP contribution is 1.81. The molecule has 1 aliphatic rings. The minimum Gasteiger partial charge on any atom is -0.412 e. The van der Waals surface area contributed by atoms with Gasteiger partial charge in [0, 0.05) is 33.2 Å². The van der Waals surface area contributed by atoms with Gasteiger partial charge in [-0.25, -0.2) is 0 Å². The quantitative estimate of drug-likeness (QED) is 0.637. The Morgan fingerprint density at radius 2 is 1.27 bits per heavy atom. The number of aromatic nitrogens is 1. The fourth-order valence-electron chi connectivity index (χ4n) is 0.719. The molecule has 0 unspecified atom stereocenters. The molecule has 0 saturated carbocycles. The minimum absolute atomic E-state index is 0. The van der Waals surface area contributed by atoms with Crippen LogP contribution >= 0.6 is 0 Å². The molecule has 0 atom stereocenters. The monoisotopic (exact) mass is 201 g/mol. The van der Waals surface area contributed by atoms with Crippen molar-refractivity contribution in [1.29, 1.82) is 0 Å². The van der Waals surface area contributed by atoms with E-state index in [0.29, 0.717) is 0 Å². The molecule has 0 spiro atoms. The van der Waals surface area contributed by atoms with Crippen molar-refractivity contribution in [2.75, 3.05) is 0 Å². The third-order valence-corrected chi connectivity index (χ3v) is 1.28. The summed E-state index contributed by atoms with van der Waals surface area (Å²) in [6, 6.07) is 5.72. The lowest BCUT2D eigenvalue weighted by Gasteiger charge is -1.79. The summed E-state index contributed by atoms with van der Waals surface area (Å²) in [5.41, 5.74) is 0. The molecule has 3 nitrogen and oxygen atoms in total. The van der Waals surface area contributed by atoms with E-state index in [4.69, 9.17) is 0 Å². The largest absolute Gasteiger partial charge is 0.412 e. The fourth-order valence-corrected chi connectivity index (χ4v) is 0.719. The van der Waals surface area contributed by atoms with Gasteiger partial charge in [0.25, 0.3) is 0 Å². The zero-order chi connectivity index (χ0) is 9.19. The van der Waals surface area contributed by atoms with Crippen molar-refractivity contribution in [2.24, 2.45) is 0 Å². The van der Waals surface area contributed by atoms with Gasteiger partial charge < -0.3 is 10.8 Å². The van der Waals surface area contributed by atoms with E-state index in [2.05, 4.69) is 10.3 Å². The third kappa shape index (κ3) is 10.1. The summed E-state index contributed by atoms with van der Waals surface area (Å²) < 4.78 is 0. The lowest BCUT2D eigenvalue weighted by atomic mass is 10.5. The van der Waals surface area contributed by atoms with Gasteiger partial charge in [-0.3, -0.25) is 4.98 Å². The van der Waals surface area contributed by atoms with Gasteiger partial charge in [0.05, 0.1) is 0 Å². The van der Waals surface area contributed by atoms with Crippen molar-refractivity contribution in [1.82, 2.24) is 10.3 Å². The van der Waals surface area contributed by atoms with E-state index in [1.165, 1.54) is 0 Å². The average molecular weight is 201 g/mol. The number of hydrogen-bond donors (Lipinski definition) is 1. The van der Waals surface area contributed by atoms with E-state index < -0.39 is 0 Å². The Kier molecular flexibility index (Phi) is 12.7. The van der Waals surface area contributed by atoms with Gasteiger partial charge in [0.1, 0.15) is 0 Å². The van der Waals surface area contributed by atoms with Crippen LogP contribution in [0.2, 0.25) is 0 Å². The summed E-state index contributed by atoms with van der Waals surface area (Å²) in [6.45, 7) is 0. The molecule has 2 heterocycles. The van der Waals surface area contributed by atoms with Gasteiger partial charge in [-0.2, -0.15) is 0 Å². The zero-order valence-corrected chi connectivity index (χ0v) is 8.38. The highest BCUT2D eigenvalue weighted by atomic mass is 16.0.